The van der Waals surface area contributed by atoms with E-state index in [1.165, 1.54) is 12.1 Å². The average molecular weight is 726 g/mol. The predicted molar refractivity (Wildman–Crippen MR) is 207 cm³/mol. The van der Waals surface area contributed by atoms with Gasteiger partial charge >= 0.3 is 6.09 Å². The standard InChI is InChI=1S/C43H43N5O6/c1-29-26-37-38(27-30(29)2)47(34-22-15-23-35(28-34)48(51)52)39(44-37)25-24-36(45-41(50)53-42(3,4)5)40(49)46-54-43(31-16-9-6-10-17-31,32-18-11-7-12-19-32)33-20-13-8-14-21-33/h6-23,26-28,36H,24-25H2,1-5H3,(H,45,50)(H,46,49). The number of hydrogen-bond acceptors (Lipinski definition) is 7. The van der Waals surface area contributed by atoms with Gasteiger partial charge < -0.3 is 10.1 Å². The van der Waals surface area contributed by atoms with Crippen molar-refractivity contribution < 1.29 is 24.1 Å². The molecule has 11 nitrogen and oxygen atoms in total. The Kier molecular flexibility index (Phi) is 10.9. The normalized spacial score (nSPS) is 12.2. The van der Waals surface area contributed by atoms with E-state index in [1.807, 2.05) is 122 Å². The fourth-order valence-electron chi connectivity index (χ4n) is 6.47. The molecular weight excluding hydrogens is 683 g/mol. The van der Waals surface area contributed by atoms with Crippen molar-refractivity contribution in [1.82, 2.24) is 20.3 Å². The zero-order valence-electron chi connectivity index (χ0n) is 30.9. The van der Waals surface area contributed by atoms with Gasteiger partial charge in [-0.25, -0.2) is 15.3 Å². The molecule has 0 aliphatic heterocycles. The molecule has 0 fully saturated rings. The molecule has 1 unspecified atom stereocenters. The monoisotopic (exact) mass is 725 g/mol. The average Bonchev–Trinajstić information content (AvgIpc) is 3.50. The number of nitro groups is 1. The number of rotatable bonds is 12. The first-order valence-electron chi connectivity index (χ1n) is 17.7. The summed E-state index contributed by atoms with van der Waals surface area (Å²) in [6, 6.07) is 37.9. The number of alkyl carbamates (subject to hydrolysis) is 1. The maximum absolute atomic E-state index is 14.3. The molecule has 2 amide bonds. The number of nitrogens with zero attached hydrogens (tertiary/aromatic N) is 3. The number of aromatic nitrogens is 2. The van der Waals surface area contributed by atoms with Crippen LogP contribution in [-0.4, -0.2) is 38.1 Å². The number of hydroxylamine groups is 1. The minimum absolute atomic E-state index is 0.0659. The summed E-state index contributed by atoms with van der Waals surface area (Å²) in [6.45, 7) is 9.20. The Morgan fingerprint density at radius 1 is 0.796 bits per heavy atom. The first-order valence-corrected chi connectivity index (χ1v) is 17.7. The first-order chi connectivity index (χ1) is 25.9. The molecule has 276 valence electrons. The Bertz CT molecular complexity index is 2170. The van der Waals surface area contributed by atoms with E-state index >= 15 is 0 Å². The Balaban J connectivity index is 1.38. The minimum atomic E-state index is -1.26. The number of carbonyl (C=O) groups excluding carboxylic acids is 2. The molecule has 6 aromatic rings. The second kappa shape index (κ2) is 15.7. The van der Waals surface area contributed by atoms with Gasteiger partial charge in [0.25, 0.3) is 11.6 Å². The van der Waals surface area contributed by atoms with Gasteiger partial charge in [0.05, 0.1) is 21.6 Å². The third-order valence-corrected chi connectivity index (χ3v) is 9.15. The first kappa shape index (κ1) is 37.4. The Hall–Kier alpha value is -6.33. The highest BCUT2D eigenvalue weighted by molar-refractivity contribution is 5.85. The Labute approximate surface area is 314 Å². The number of amides is 2. The Morgan fingerprint density at radius 3 is 1.89 bits per heavy atom. The number of hydrogen-bond donors (Lipinski definition) is 2. The summed E-state index contributed by atoms with van der Waals surface area (Å²) >= 11 is 0. The topological polar surface area (TPSA) is 138 Å². The van der Waals surface area contributed by atoms with E-state index in [0.29, 0.717) is 17.0 Å². The molecule has 6 rings (SSSR count). The SMILES string of the molecule is Cc1cc2nc(CCC(NC(=O)OC(C)(C)C)C(=O)NOC(c3ccccc3)(c3ccccc3)c3ccccc3)n(-c3cccc([N+](=O)[O-])c3)c2cc1C. The largest absolute Gasteiger partial charge is 0.444 e. The molecule has 1 heterocycles. The summed E-state index contributed by atoms with van der Waals surface area (Å²) < 4.78 is 7.43. The van der Waals surface area contributed by atoms with Crippen LogP contribution in [0.25, 0.3) is 16.7 Å². The van der Waals surface area contributed by atoms with Gasteiger partial charge in [0.2, 0.25) is 0 Å². The van der Waals surface area contributed by atoms with Gasteiger partial charge in [-0.15, -0.1) is 0 Å². The number of fused-ring (bicyclic) bond motifs is 1. The number of nitrogens with one attached hydrogen (secondary N) is 2. The zero-order chi connectivity index (χ0) is 38.5. The lowest BCUT2D eigenvalue weighted by Crippen LogP contribution is -2.50. The minimum Gasteiger partial charge on any atom is -0.444 e. The maximum atomic E-state index is 14.3. The molecule has 0 aliphatic rings. The second-order valence-electron chi connectivity index (χ2n) is 14.2. The van der Waals surface area contributed by atoms with E-state index in [4.69, 9.17) is 14.6 Å². The van der Waals surface area contributed by atoms with Crippen LogP contribution in [-0.2, 0) is 26.4 Å². The number of aryl methyl sites for hydroxylation is 3. The van der Waals surface area contributed by atoms with Crippen molar-refractivity contribution in [3.8, 4) is 5.69 Å². The van der Waals surface area contributed by atoms with Crippen molar-refractivity contribution >= 4 is 28.7 Å². The quantitative estimate of drug-likeness (QED) is 0.0734. The number of imidazole rings is 1. The fraction of sp³-hybridized carbons (Fsp3) is 0.233. The highest BCUT2D eigenvalue weighted by atomic mass is 16.7. The second-order valence-corrected chi connectivity index (χ2v) is 14.2. The van der Waals surface area contributed by atoms with Crippen LogP contribution < -0.4 is 10.8 Å². The lowest BCUT2D eigenvalue weighted by atomic mass is 9.80. The van der Waals surface area contributed by atoms with Crippen molar-refractivity contribution in [2.75, 3.05) is 0 Å². The Morgan fingerprint density at radius 2 is 1.35 bits per heavy atom. The smallest absolute Gasteiger partial charge is 0.408 e. The van der Waals surface area contributed by atoms with Crippen LogP contribution in [0.4, 0.5) is 10.5 Å². The number of non-ortho nitro benzene ring substituents is 1. The molecular formula is C43H43N5O6. The summed E-state index contributed by atoms with van der Waals surface area (Å²) in [6.07, 6.45) is -0.494. The molecule has 0 bridgehead atoms. The van der Waals surface area contributed by atoms with Gasteiger partial charge in [0.1, 0.15) is 17.5 Å². The number of nitro benzene ring substituents is 1. The van der Waals surface area contributed by atoms with E-state index in [-0.39, 0.29) is 18.5 Å². The molecule has 0 saturated carbocycles. The third-order valence-electron chi connectivity index (χ3n) is 9.15. The van der Waals surface area contributed by atoms with Crippen LogP contribution in [0.1, 0.15) is 60.8 Å². The van der Waals surface area contributed by atoms with Gasteiger partial charge in [-0.2, -0.15) is 0 Å². The van der Waals surface area contributed by atoms with E-state index < -0.39 is 34.2 Å². The molecule has 0 aliphatic carbocycles. The molecule has 0 radical (unpaired) electrons. The molecule has 11 heteroatoms. The highest BCUT2D eigenvalue weighted by Crippen LogP contribution is 2.39. The maximum Gasteiger partial charge on any atom is 0.408 e. The summed E-state index contributed by atoms with van der Waals surface area (Å²) in [5, 5.41) is 14.5. The van der Waals surface area contributed by atoms with Gasteiger partial charge in [0, 0.05) is 18.6 Å². The third kappa shape index (κ3) is 8.16. The van der Waals surface area contributed by atoms with Crippen LogP contribution >= 0.6 is 0 Å². The van der Waals surface area contributed by atoms with Crippen molar-refractivity contribution in [2.45, 2.75) is 64.7 Å². The van der Waals surface area contributed by atoms with Gasteiger partial charge in [-0.1, -0.05) is 97.1 Å². The van der Waals surface area contributed by atoms with Crippen molar-refractivity contribution in [3.63, 3.8) is 0 Å². The van der Waals surface area contributed by atoms with Gasteiger partial charge in [-0.3, -0.25) is 24.3 Å². The van der Waals surface area contributed by atoms with Crippen LogP contribution in [0.15, 0.2) is 127 Å². The van der Waals surface area contributed by atoms with Crippen LogP contribution in [0.2, 0.25) is 0 Å². The molecule has 1 atom stereocenters. The fourth-order valence-corrected chi connectivity index (χ4v) is 6.47. The summed E-state index contributed by atoms with van der Waals surface area (Å²) in [7, 11) is 0. The molecule has 1 aromatic heterocycles. The molecule has 2 N–H and O–H groups in total. The van der Waals surface area contributed by atoms with Crippen LogP contribution in [0.5, 0.6) is 0 Å². The molecule has 0 spiro atoms. The lowest BCUT2D eigenvalue weighted by Gasteiger charge is -2.35. The predicted octanol–water partition coefficient (Wildman–Crippen LogP) is 8.42. The van der Waals surface area contributed by atoms with Gasteiger partial charge in [0.15, 0.2) is 5.60 Å². The van der Waals surface area contributed by atoms with Crippen molar-refractivity contribution in [3.05, 3.63) is 171 Å². The van der Waals surface area contributed by atoms with E-state index in [1.54, 1.807) is 32.9 Å². The zero-order valence-corrected chi connectivity index (χ0v) is 30.9. The molecule has 0 saturated heterocycles. The van der Waals surface area contributed by atoms with E-state index in [0.717, 1.165) is 33.3 Å². The summed E-state index contributed by atoms with van der Waals surface area (Å²) in [4.78, 5) is 50.4. The molecule has 5 aromatic carbocycles. The van der Waals surface area contributed by atoms with Gasteiger partial charge in [-0.05, 0) is 87.1 Å². The number of benzene rings is 5. The summed E-state index contributed by atoms with van der Waals surface area (Å²) in [5.74, 6) is -0.0647. The number of carbonyl (C=O) groups is 2. The lowest BCUT2D eigenvalue weighted by molar-refractivity contribution is -0.384. The number of ether oxygens (including phenoxy) is 1. The highest BCUT2D eigenvalue weighted by Gasteiger charge is 2.40. The van der Waals surface area contributed by atoms with E-state index in [9.17, 15) is 19.7 Å². The van der Waals surface area contributed by atoms with E-state index in [2.05, 4.69) is 10.8 Å². The van der Waals surface area contributed by atoms with Crippen LogP contribution in [0, 0.1) is 24.0 Å². The van der Waals surface area contributed by atoms with Crippen molar-refractivity contribution in [1.29, 1.82) is 0 Å². The van der Waals surface area contributed by atoms with Crippen LogP contribution in [0.3, 0.4) is 0 Å². The molecule has 54 heavy (non-hydrogen) atoms. The summed E-state index contributed by atoms with van der Waals surface area (Å²) in [5.41, 5.74) is 6.96. The van der Waals surface area contributed by atoms with Crippen molar-refractivity contribution in [2.24, 2.45) is 0 Å².